The van der Waals surface area contributed by atoms with E-state index in [1.807, 2.05) is 0 Å². The maximum absolute atomic E-state index is 13.7. The van der Waals surface area contributed by atoms with Gasteiger partial charge in [0.1, 0.15) is 0 Å². The summed E-state index contributed by atoms with van der Waals surface area (Å²) in [6.07, 6.45) is 0. The van der Waals surface area contributed by atoms with Crippen LogP contribution >= 0.6 is 0 Å². The molecule has 0 aliphatic carbocycles. The summed E-state index contributed by atoms with van der Waals surface area (Å²) < 4.78 is 18.5. The highest BCUT2D eigenvalue weighted by Crippen LogP contribution is 2.18. The van der Waals surface area contributed by atoms with Gasteiger partial charge in [0.15, 0.2) is 11.6 Å². The van der Waals surface area contributed by atoms with Crippen molar-refractivity contribution in [3.8, 4) is 5.75 Å². The summed E-state index contributed by atoms with van der Waals surface area (Å²) in [5, 5.41) is 13.1. The van der Waals surface area contributed by atoms with Crippen molar-refractivity contribution in [2.45, 2.75) is 6.92 Å². The third-order valence-corrected chi connectivity index (χ3v) is 3.03. The second-order valence-electron chi connectivity index (χ2n) is 4.54. The Morgan fingerprint density at radius 2 is 2.00 bits per heavy atom. The fourth-order valence-corrected chi connectivity index (χ4v) is 1.83. The topological polar surface area (TPSA) is 70.9 Å². The van der Waals surface area contributed by atoms with Gasteiger partial charge in [-0.1, -0.05) is 6.07 Å². The molecule has 2 rings (SSSR count). The maximum Gasteiger partial charge on any atom is 0.335 e. The monoisotopic (exact) mass is 302 g/mol. The van der Waals surface area contributed by atoms with Crippen molar-refractivity contribution in [2.75, 3.05) is 12.5 Å². The highest BCUT2D eigenvalue weighted by molar-refractivity contribution is 5.99. The van der Waals surface area contributed by atoms with E-state index in [0.29, 0.717) is 17.0 Å². The minimum absolute atomic E-state index is 0.161. The van der Waals surface area contributed by atoms with Gasteiger partial charge in [-0.2, -0.15) is 5.10 Å². The number of hydrogen-bond acceptors (Lipinski definition) is 4. The number of ether oxygens (including phenoxy) is 1. The lowest BCUT2D eigenvalue weighted by atomic mass is 10.1. The standard InChI is InChI=1S/C16H15FN2O3/c1-10(11-6-7-15(22-2)14(17)9-11)18-19-13-5-3-4-12(8-13)16(20)21/h3-9,19H,1-2H3,(H,20,21)/b18-10+. The maximum atomic E-state index is 13.7. The zero-order valence-electron chi connectivity index (χ0n) is 12.1. The predicted molar refractivity (Wildman–Crippen MR) is 82.2 cm³/mol. The number of nitrogens with one attached hydrogen (secondary N) is 1. The zero-order chi connectivity index (χ0) is 16.1. The van der Waals surface area contributed by atoms with E-state index >= 15 is 0 Å². The van der Waals surface area contributed by atoms with Gasteiger partial charge < -0.3 is 9.84 Å². The molecule has 0 saturated carbocycles. The van der Waals surface area contributed by atoms with Crippen LogP contribution in [0.4, 0.5) is 10.1 Å². The molecule has 114 valence electrons. The zero-order valence-corrected chi connectivity index (χ0v) is 12.1. The fourth-order valence-electron chi connectivity index (χ4n) is 1.83. The second-order valence-corrected chi connectivity index (χ2v) is 4.54. The van der Waals surface area contributed by atoms with Crippen LogP contribution in [0, 0.1) is 5.82 Å². The molecule has 22 heavy (non-hydrogen) atoms. The van der Waals surface area contributed by atoms with Crippen LogP contribution in [0.3, 0.4) is 0 Å². The van der Waals surface area contributed by atoms with E-state index in [4.69, 9.17) is 9.84 Å². The normalized spacial score (nSPS) is 11.1. The average Bonchev–Trinajstić information content (AvgIpc) is 2.52. The minimum atomic E-state index is -1.01. The molecule has 0 aliphatic heterocycles. The Bertz CT molecular complexity index is 729. The first-order chi connectivity index (χ1) is 10.5. The van der Waals surface area contributed by atoms with Gasteiger partial charge in [-0.15, -0.1) is 0 Å². The molecular formula is C16H15FN2O3. The van der Waals surface area contributed by atoms with Gasteiger partial charge in [0, 0.05) is 5.56 Å². The van der Waals surface area contributed by atoms with Crippen LogP contribution in [0.1, 0.15) is 22.8 Å². The number of benzene rings is 2. The smallest absolute Gasteiger partial charge is 0.335 e. The Labute approximate surface area is 127 Å². The van der Waals surface area contributed by atoms with Gasteiger partial charge in [-0.05, 0) is 43.3 Å². The van der Waals surface area contributed by atoms with Gasteiger partial charge in [-0.25, -0.2) is 9.18 Å². The third kappa shape index (κ3) is 3.60. The van der Waals surface area contributed by atoms with Crippen LogP contribution in [-0.2, 0) is 0 Å². The SMILES string of the molecule is COc1ccc(/C(C)=N/Nc2cccc(C(=O)O)c2)cc1F. The highest BCUT2D eigenvalue weighted by Gasteiger charge is 2.06. The van der Waals surface area contributed by atoms with Crippen LogP contribution in [0.5, 0.6) is 5.75 Å². The average molecular weight is 302 g/mol. The van der Waals surface area contributed by atoms with E-state index in [-0.39, 0.29) is 11.3 Å². The number of carbonyl (C=O) groups is 1. The van der Waals surface area contributed by atoms with Crippen LogP contribution in [-0.4, -0.2) is 23.9 Å². The number of methoxy groups -OCH3 is 1. The van der Waals surface area contributed by atoms with Crippen LogP contribution in [0.25, 0.3) is 0 Å². The Morgan fingerprint density at radius 1 is 1.23 bits per heavy atom. The van der Waals surface area contributed by atoms with E-state index in [9.17, 15) is 9.18 Å². The number of hydrazone groups is 1. The van der Waals surface area contributed by atoms with E-state index in [2.05, 4.69) is 10.5 Å². The fraction of sp³-hybridized carbons (Fsp3) is 0.125. The molecule has 6 heteroatoms. The summed E-state index contributed by atoms with van der Waals surface area (Å²) in [7, 11) is 1.40. The number of carboxylic acid groups (broad SMARTS) is 1. The van der Waals surface area contributed by atoms with Gasteiger partial charge in [0.25, 0.3) is 0 Å². The molecule has 5 nitrogen and oxygen atoms in total. The quantitative estimate of drug-likeness (QED) is 0.656. The first-order valence-corrected chi connectivity index (χ1v) is 6.49. The van der Waals surface area contributed by atoms with Crippen molar-refractivity contribution in [3.63, 3.8) is 0 Å². The molecule has 0 heterocycles. The van der Waals surface area contributed by atoms with Crippen molar-refractivity contribution in [2.24, 2.45) is 5.10 Å². The van der Waals surface area contributed by atoms with Crippen molar-refractivity contribution in [3.05, 3.63) is 59.4 Å². The number of halogens is 1. The van der Waals surface area contributed by atoms with Gasteiger partial charge in [0.2, 0.25) is 0 Å². The van der Waals surface area contributed by atoms with Gasteiger partial charge in [0.05, 0.1) is 24.1 Å². The lowest BCUT2D eigenvalue weighted by Gasteiger charge is -2.06. The summed E-state index contributed by atoms with van der Waals surface area (Å²) in [6.45, 7) is 1.72. The molecule has 0 atom stereocenters. The van der Waals surface area contributed by atoms with E-state index in [1.54, 1.807) is 25.1 Å². The number of nitrogens with zero attached hydrogens (tertiary/aromatic N) is 1. The predicted octanol–water partition coefficient (Wildman–Crippen LogP) is 3.37. The Balaban J connectivity index is 2.17. The van der Waals surface area contributed by atoms with E-state index < -0.39 is 11.8 Å². The molecular weight excluding hydrogens is 287 g/mol. The summed E-state index contributed by atoms with van der Waals surface area (Å²) >= 11 is 0. The molecule has 2 aromatic carbocycles. The van der Waals surface area contributed by atoms with E-state index in [1.165, 1.54) is 31.4 Å². The van der Waals surface area contributed by atoms with E-state index in [0.717, 1.165) is 0 Å². The number of aromatic carboxylic acids is 1. The number of rotatable bonds is 5. The Morgan fingerprint density at radius 3 is 2.64 bits per heavy atom. The Kier molecular flexibility index (Phi) is 4.73. The molecule has 0 radical (unpaired) electrons. The molecule has 0 saturated heterocycles. The summed E-state index contributed by atoms with van der Waals surface area (Å²) in [4.78, 5) is 10.9. The largest absolute Gasteiger partial charge is 0.494 e. The highest BCUT2D eigenvalue weighted by atomic mass is 19.1. The molecule has 0 fully saturated rings. The lowest BCUT2D eigenvalue weighted by molar-refractivity contribution is 0.0697. The second kappa shape index (κ2) is 6.71. The molecule has 0 amide bonds. The first kappa shape index (κ1) is 15.5. The van der Waals surface area contributed by atoms with Crippen molar-refractivity contribution < 1.29 is 19.0 Å². The lowest BCUT2D eigenvalue weighted by Crippen LogP contribution is -2.02. The molecule has 2 N–H and O–H groups in total. The molecule has 2 aromatic rings. The van der Waals surface area contributed by atoms with Crippen LogP contribution < -0.4 is 10.2 Å². The van der Waals surface area contributed by atoms with Gasteiger partial charge >= 0.3 is 5.97 Å². The summed E-state index contributed by atoms with van der Waals surface area (Å²) in [6, 6.07) is 10.8. The number of anilines is 1. The molecule has 0 spiro atoms. The molecule has 0 unspecified atom stereocenters. The Hall–Kier alpha value is -2.89. The molecule has 0 aromatic heterocycles. The van der Waals surface area contributed by atoms with Crippen LogP contribution in [0.2, 0.25) is 0 Å². The first-order valence-electron chi connectivity index (χ1n) is 6.49. The minimum Gasteiger partial charge on any atom is -0.494 e. The third-order valence-electron chi connectivity index (χ3n) is 3.03. The summed E-state index contributed by atoms with van der Waals surface area (Å²) in [5.74, 6) is -1.32. The van der Waals surface area contributed by atoms with Crippen molar-refractivity contribution in [1.82, 2.24) is 0 Å². The van der Waals surface area contributed by atoms with Gasteiger partial charge in [-0.3, -0.25) is 5.43 Å². The van der Waals surface area contributed by atoms with Crippen molar-refractivity contribution >= 4 is 17.4 Å². The molecule has 0 aliphatic rings. The summed E-state index contributed by atoms with van der Waals surface area (Å²) in [5.41, 5.74) is 4.61. The van der Waals surface area contributed by atoms with Crippen molar-refractivity contribution in [1.29, 1.82) is 0 Å². The molecule has 0 bridgehead atoms. The number of hydrogen-bond donors (Lipinski definition) is 2. The number of carboxylic acids is 1. The van der Waals surface area contributed by atoms with Crippen LogP contribution in [0.15, 0.2) is 47.6 Å².